The van der Waals surface area contributed by atoms with Crippen LogP contribution in [0.4, 0.5) is 0 Å². The Morgan fingerprint density at radius 3 is 2.88 bits per heavy atom. The van der Waals surface area contributed by atoms with Crippen molar-refractivity contribution in [2.75, 3.05) is 13.7 Å². The van der Waals surface area contributed by atoms with Gasteiger partial charge in [-0.05, 0) is 25.3 Å². The van der Waals surface area contributed by atoms with Crippen molar-refractivity contribution in [1.82, 2.24) is 4.67 Å². The Hall–Kier alpha value is -0.470. The molecule has 4 heteroatoms. The van der Waals surface area contributed by atoms with E-state index in [2.05, 4.69) is 35.9 Å². The van der Waals surface area contributed by atoms with E-state index < -0.39 is 8.53 Å². The highest BCUT2D eigenvalue weighted by atomic mass is 31.2. The summed E-state index contributed by atoms with van der Waals surface area (Å²) in [6.07, 6.45) is 2.45. The lowest BCUT2D eigenvalue weighted by Gasteiger charge is -2.29. The molecule has 0 bridgehead atoms. The van der Waals surface area contributed by atoms with E-state index in [1.165, 1.54) is 18.4 Å². The fourth-order valence-electron chi connectivity index (χ4n) is 2.94. The van der Waals surface area contributed by atoms with Crippen LogP contribution >= 0.6 is 8.53 Å². The molecule has 0 amide bonds. The zero-order valence-corrected chi connectivity index (χ0v) is 11.2. The third kappa shape index (κ3) is 1.73. The Labute approximate surface area is 104 Å². The van der Waals surface area contributed by atoms with Gasteiger partial charge < -0.3 is 9.05 Å². The molecule has 2 saturated heterocycles. The predicted octanol–water partition coefficient (Wildman–Crippen LogP) is 3.27. The van der Waals surface area contributed by atoms with Crippen molar-refractivity contribution in [1.29, 1.82) is 0 Å². The minimum Gasteiger partial charge on any atom is -0.325 e. The SMILES string of the molecule is CO[P@]1O[C@@](C)(c2ccccc2)[C@H]2CCCN21. The smallest absolute Gasteiger partial charge is 0.259 e. The molecular weight excluding hydrogens is 233 g/mol. The molecule has 3 rings (SSSR count). The van der Waals surface area contributed by atoms with Gasteiger partial charge in [-0.1, -0.05) is 30.3 Å². The molecule has 1 aromatic rings. The van der Waals surface area contributed by atoms with Gasteiger partial charge in [-0.3, -0.25) is 0 Å². The molecule has 2 aliphatic rings. The van der Waals surface area contributed by atoms with Crippen molar-refractivity contribution in [2.24, 2.45) is 0 Å². The Bertz CT molecular complexity index is 400. The van der Waals surface area contributed by atoms with Gasteiger partial charge in [0.15, 0.2) is 0 Å². The summed E-state index contributed by atoms with van der Waals surface area (Å²) in [6.45, 7) is 3.30. The van der Waals surface area contributed by atoms with Crippen molar-refractivity contribution in [3.63, 3.8) is 0 Å². The molecule has 3 nitrogen and oxygen atoms in total. The molecule has 0 unspecified atom stereocenters. The molecule has 0 N–H and O–H groups in total. The topological polar surface area (TPSA) is 21.7 Å². The summed E-state index contributed by atoms with van der Waals surface area (Å²) in [6, 6.07) is 11.0. The van der Waals surface area contributed by atoms with E-state index in [4.69, 9.17) is 9.05 Å². The first-order valence-corrected chi connectivity index (χ1v) is 7.24. The van der Waals surface area contributed by atoms with E-state index in [9.17, 15) is 0 Å². The standard InChI is InChI=1S/C13H18NO2P/c1-13(11-7-4-3-5-8-11)12-9-6-10-14(12)17(15-2)16-13/h3-5,7-8,12H,6,9-10H2,1-2H3/t12-,13+,17-/m1/s1. The maximum atomic E-state index is 6.22. The van der Waals surface area contributed by atoms with Crippen molar-refractivity contribution < 1.29 is 9.05 Å². The molecule has 2 fully saturated rings. The zero-order valence-electron chi connectivity index (χ0n) is 10.3. The summed E-state index contributed by atoms with van der Waals surface area (Å²) in [5, 5.41) is 0. The number of fused-ring (bicyclic) bond motifs is 1. The van der Waals surface area contributed by atoms with E-state index in [0.717, 1.165) is 6.54 Å². The molecule has 0 aliphatic carbocycles. The Morgan fingerprint density at radius 1 is 1.41 bits per heavy atom. The highest BCUT2D eigenvalue weighted by Gasteiger charge is 2.54. The van der Waals surface area contributed by atoms with Gasteiger partial charge in [0.25, 0.3) is 8.53 Å². The van der Waals surface area contributed by atoms with Crippen LogP contribution in [0.5, 0.6) is 0 Å². The van der Waals surface area contributed by atoms with Crippen LogP contribution in [0.25, 0.3) is 0 Å². The molecule has 2 heterocycles. The van der Waals surface area contributed by atoms with E-state index >= 15 is 0 Å². The Balaban J connectivity index is 1.97. The fraction of sp³-hybridized carbons (Fsp3) is 0.538. The molecule has 0 radical (unpaired) electrons. The van der Waals surface area contributed by atoms with Crippen molar-refractivity contribution in [3.8, 4) is 0 Å². The molecule has 92 valence electrons. The Morgan fingerprint density at radius 2 is 2.18 bits per heavy atom. The highest BCUT2D eigenvalue weighted by Crippen LogP contribution is 2.62. The first-order chi connectivity index (χ1) is 8.25. The normalized spacial score (nSPS) is 37.3. The van der Waals surface area contributed by atoms with E-state index in [0.29, 0.717) is 6.04 Å². The van der Waals surface area contributed by atoms with E-state index in [-0.39, 0.29) is 5.60 Å². The minimum absolute atomic E-state index is 0.209. The van der Waals surface area contributed by atoms with Gasteiger partial charge in [-0.15, -0.1) is 0 Å². The Kier molecular flexibility index (Phi) is 2.95. The predicted molar refractivity (Wildman–Crippen MR) is 68.5 cm³/mol. The molecule has 3 atom stereocenters. The molecule has 2 aliphatic heterocycles. The third-order valence-electron chi connectivity index (χ3n) is 3.84. The van der Waals surface area contributed by atoms with Crippen LogP contribution in [0.3, 0.4) is 0 Å². The summed E-state index contributed by atoms with van der Waals surface area (Å²) >= 11 is 0. The van der Waals surface area contributed by atoms with Gasteiger partial charge in [0.1, 0.15) is 5.60 Å². The molecule has 0 saturated carbocycles. The first-order valence-electron chi connectivity index (χ1n) is 6.11. The van der Waals surface area contributed by atoms with E-state index in [1.807, 2.05) is 6.07 Å². The zero-order chi connectivity index (χ0) is 11.9. The summed E-state index contributed by atoms with van der Waals surface area (Å²) in [5.41, 5.74) is 1.05. The number of benzene rings is 1. The molecular formula is C13H18NO2P. The summed E-state index contributed by atoms with van der Waals surface area (Å²) in [7, 11) is 0.886. The van der Waals surface area contributed by atoms with Gasteiger partial charge in [0.05, 0.1) is 6.04 Å². The van der Waals surface area contributed by atoms with Crippen molar-refractivity contribution in [3.05, 3.63) is 35.9 Å². The highest BCUT2D eigenvalue weighted by molar-refractivity contribution is 7.44. The van der Waals surface area contributed by atoms with Gasteiger partial charge in [-0.2, -0.15) is 0 Å². The van der Waals surface area contributed by atoms with E-state index in [1.54, 1.807) is 7.11 Å². The lowest BCUT2D eigenvalue weighted by Crippen LogP contribution is -2.36. The van der Waals surface area contributed by atoms with Crippen molar-refractivity contribution in [2.45, 2.75) is 31.4 Å². The minimum atomic E-state index is -0.861. The third-order valence-corrected chi connectivity index (χ3v) is 5.59. The molecule has 1 aromatic carbocycles. The van der Waals surface area contributed by atoms with Gasteiger partial charge in [0, 0.05) is 13.7 Å². The molecule has 0 aromatic heterocycles. The largest absolute Gasteiger partial charge is 0.325 e. The van der Waals surface area contributed by atoms with Gasteiger partial charge in [-0.25, -0.2) is 4.67 Å². The second-order valence-corrected chi connectivity index (χ2v) is 6.34. The van der Waals surface area contributed by atoms with Crippen LogP contribution in [0.2, 0.25) is 0 Å². The number of hydrogen-bond donors (Lipinski definition) is 0. The second kappa shape index (κ2) is 4.33. The second-order valence-electron chi connectivity index (χ2n) is 4.81. The fourth-order valence-corrected chi connectivity index (χ4v) is 4.75. The van der Waals surface area contributed by atoms with Crippen LogP contribution in [-0.4, -0.2) is 24.4 Å². The van der Waals surface area contributed by atoms with Crippen LogP contribution in [0.1, 0.15) is 25.3 Å². The lowest BCUT2D eigenvalue weighted by atomic mass is 9.87. The number of nitrogens with zero attached hydrogens (tertiary/aromatic N) is 1. The molecule has 0 spiro atoms. The maximum absolute atomic E-state index is 6.22. The summed E-state index contributed by atoms with van der Waals surface area (Å²) < 4.78 is 14.1. The summed E-state index contributed by atoms with van der Waals surface area (Å²) in [4.78, 5) is 0. The number of rotatable bonds is 2. The van der Waals surface area contributed by atoms with Gasteiger partial charge >= 0.3 is 0 Å². The van der Waals surface area contributed by atoms with Crippen LogP contribution in [0.15, 0.2) is 30.3 Å². The number of hydrogen-bond acceptors (Lipinski definition) is 3. The van der Waals surface area contributed by atoms with Gasteiger partial charge in [0.2, 0.25) is 0 Å². The average molecular weight is 251 g/mol. The van der Waals surface area contributed by atoms with Crippen molar-refractivity contribution >= 4 is 8.53 Å². The van der Waals surface area contributed by atoms with Crippen LogP contribution in [0, 0.1) is 0 Å². The van der Waals surface area contributed by atoms with Crippen LogP contribution < -0.4 is 0 Å². The quantitative estimate of drug-likeness (QED) is 0.753. The average Bonchev–Trinajstić information content (AvgIpc) is 2.94. The maximum Gasteiger partial charge on any atom is 0.259 e. The first kappa shape index (κ1) is 11.6. The summed E-state index contributed by atoms with van der Waals surface area (Å²) in [5.74, 6) is 0. The monoisotopic (exact) mass is 251 g/mol. The lowest BCUT2D eigenvalue weighted by molar-refractivity contribution is 0.0810. The molecule has 17 heavy (non-hydrogen) atoms. The van der Waals surface area contributed by atoms with Crippen LogP contribution in [-0.2, 0) is 14.6 Å².